The number of benzene rings is 4. The zero-order chi connectivity index (χ0) is 50.9. The minimum Gasteiger partial charge on any atom is -0.494 e. The van der Waals surface area contributed by atoms with Gasteiger partial charge in [0.1, 0.15) is 27.4 Å². The van der Waals surface area contributed by atoms with E-state index in [9.17, 15) is 9.59 Å². The Morgan fingerprint density at radius 1 is 0.708 bits per heavy atom. The number of anilines is 9. The molecule has 0 aliphatic carbocycles. The monoisotopic (exact) mass is 1040 g/mol. The Kier molecular flexibility index (Phi) is 16.7. The maximum Gasteiger partial charge on any atom is 0.247 e. The molecule has 5 N–H and O–H groups in total. The third kappa shape index (κ3) is 13.1. The predicted molar refractivity (Wildman–Crippen MR) is 286 cm³/mol. The second-order valence-corrected chi connectivity index (χ2v) is 18.9. The maximum atomic E-state index is 15.4. The molecule has 2 aliphatic heterocycles. The number of nitrogens with one attached hydrogen (secondary N) is 5. The topological polar surface area (TPSA) is 168 Å². The van der Waals surface area contributed by atoms with Crippen molar-refractivity contribution in [2.24, 2.45) is 0 Å². The molecule has 2 amide bonds. The number of nitrogens with zero attached hydrogens (tertiary/aromatic N) is 8. The Labute approximate surface area is 430 Å². The van der Waals surface area contributed by atoms with Crippen molar-refractivity contribution in [1.82, 2.24) is 29.7 Å². The lowest BCUT2D eigenvalue weighted by molar-refractivity contribution is -0.112. The molecule has 4 aromatic carbocycles. The number of carbonyl (C=O) groups excluding carboxylic acids is 2. The average Bonchev–Trinajstić information content (AvgIpc) is 3.38. The van der Waals surface area contributed by atoms with E-state index in [-0.39, 0.29) is 34.7 Å². The average molecular weight is 1040 g/mol. The fourth-order valence-corrected chi connectivity index (χ4v) is 9.27. The smallest absolute Gasteiger partial charge is 0.247 e. The second kappa shape index (κ2) is 23.5. The molecule has 0 atom stereocenters. The lowest BCUT2D eigenvalue weighted by Crippen LogP contribution is -2.44. The van der Waals surface area contributed by atoms with E-state index in [1.165, 1.54) is 36.3 Å². The van der Waals surface area contributed by atoms with Crippen LogP contribution in [0.15, 0.2) is 109 Å². The summed E-state index contributed by atoms with van der Waals surface area (Å²) in [6.07, 6.45) is 5.23. The number of hydrogen-bond donors (Lipinski definition) is 5. The number of thioether (sulfide) groups is 1. The van der Waals surface area contributed by atoms with Crippen molar-refractivity contribution >= 4 is 98.6 Å². The number of ether oxygens (including phenoxy) is 1. The van der Waals surface area contributed by atoms with Gasteiger partial charge < -0.3 is 50.9 Å². The van der Waals surface area contributed by atoms with Gasteiger partial charge in [-0.2, -0.15) is 4.98 Å². The summed E-state index contributed by atoms with van der Waals surface area (Å²) in [6.45, 7) is 13.8. The lowest BCUT2D eigenvalue weighted by atomic mass is 9.99. The van der Waals surface area contributed by atoms with E-state index in [4.69, 9.17) is 32.9 Å². The summed E-state index contributed by atoms with van der Waals surface area (Å²) in [4.78, 5) is 51.7. The molecule has 2 saturated heterocycles. The van der Waals surface area contributed by atoms with E-state index < -0.39 is 23.4 Å². The number of halogens is 4. The number of aromatic nitrogens is 4. The zero-order valence-electron chi connectivity index (χ0n) is 39.9. The van der Waals surface area contributed by atoms with Crippen molar-refractivity contribution in [2.45, 2.75) is 17.3 Å². The van der Waals surface area contributed by atoms with Crippen LogP contribution in [0, 0.1) is 11.6 Å². The van der Waals surface area contributed by atoms with Gasteiger partial charge in [-0.1, -0.05) is 54.2 Å². The molecule has 374 valence electrons. The molecular formula is C51H53Cl2F2N13O3S. The summed E-state index contributed by atoms with van der Waals surface area (Å²) < 4.78 is 36.5. The number of methoxy groups -OCH3 is 1. The highest BCUT2D eigenvalue weighted by Crippen LogP contribution is 2.36. The van der Waals surface area contributed by atoms with Gasteiger partial charge in [-0.15, -0.1) is 0 Å². The molecule has 21 heteroatoms. The molecule has 6 aromatic rings. The van der Waals surface area contributed by atoms with E-state index >= 15 is 8.78 Å². The number of rotatable bonds is 18. The molecule has 0 spiro atoms. The van der Waals surface area contributed by atoms with Gasteiger partial charge in [-0.05, 0) is 91.0 Å². The molecular weight excluding hydrogens is 984 g/mol. The molecule has 0 bridgehead atoms. The SMILES string of the molecule is C=CC(=O)Nc1cc(CNc2nc(Nc3cc(F)c(N4CCN(C)CC4)cc3F)ncc2Cl)cc(-c2cc(CSc3nc(Nc4ccc(N5CCN(C)CC5)cc4OC)ncc3Cl)cc(NC(=O)C=C)c2)c1. The number of likely N-dealkylation sites (N-methyl/N-ethyl adjacent to an activating group) is 2. The van der Waals surface area contributed by atoms with E-state index in [0.29, 0.717) is 74.3 Å². The number of piperazine rings is 2. The van der Waals surface area contributed by atoms with Crippen LogP contribution in [0.4, 0.5) is 60.6 Å². The van der Waals surface area contributed by atoms with Gasteiger partial charge in [-0.25, -0.2) is 23.7 Å². The first-order chi connectivity index (χ1) is 34.7. The molecule has 72 heavy (non-hydrogen) atoms. The van der Waals surface area contributed by atoms with Crippen LogP contribution in [0.25, 0.3) is 11.1 Å². The highest BCUT2D eigenvalue weighted by Gasteiger charge is 2.22. The normalized spacial score (nSPS) is 14.1. The largest absolute Gasteiger partial charge is 0.494 e. The molecule has 2 aliphatic rings. The van der Waals surface area contributed by atoms with Crippen molar-refractivity contribution in [3.63, 3.8) is 0 Å². The summed E-state index contributed by atoms with van der Waals surface area (Å²) in [5, 5.41) is 16.0. The van der Waals surface area contributed by atoms with Crippen LogP contribution in [-0.4, -0.2) is 115 Å². The Balaban J connectivity index is 1.01. The van der Waals surface area contributed by atoms with Gasteiger partial charge >= 0.3 is 0 Å². The Hall–Kier alpha value is -7.03. The van der Waals surface area contributed by atoms with Crippen LogP contribution in [0.5, 0.6) is 5.75 Å². The summed E-state index contributed by atoms with van der Waals surface area (Å²) in [7, 11) is 5.73. The molecule has 0 saturated carbocycles. The van der Waals surface area contributed by atoms with Crippen LogP contribution in [-0.2, 0) is 21.9 Å². The van der Waals surface area contributed by atoms with Crippen molar-refractivity contribution < 1.29 is 23.1 Å². The molecule has 0 radical (unpaired) electrons. The molecule has 8 rings (SSSR count). The van der Waals surface area contributed by atoms with Gasteiger partial charge in [0.25, 0.3) is 0 Å². The minimum absolute atomic E-state index is 0.0218. The van der Waals surface area contributed by atoms with Crippen LogP contribution >= 0.6 is 35.0 Å². The van der Waals surface area contributed by atoms with Gasteiger partial charge in [0.05, 0.1) is 41.6 Å². The standard InChI is InChI=1S/C51H53Cl2F2N13O3S/c1-6-46(69)59-35-20-31(27-56-48-38(52)28-57-50(63-48)62-43-25-41(55)44(26-40(43)54)68-16-12-66(4)13-17-68)18-33(22-35)34-19-32(21-36(23-34)60-47(70)7-2)30-72-49-39(53)29-58-51(64-49)61-42-9-8-37(24-45(42)71-5)67-14-10-65(3)11-15-67/h6-9,18-26,28-29H,1-2,10-17,27,30H2,3-5H3,(H,59,69)(H,60,70)(H,58,61,64)(H2,56,57,62,63). The van der Waals surface area contributed by atoms with Crippen LogP contribution in [0.1, 0.15) is 11.1 Å². The van der Waals surface area contributed by atoms with Crippen LogP contribution < -0.4 is 41.1 Å². The van der Waals surface area contributed by atoms with Gasteiger partial charge in [0, 0.05) is 99.9 Å². The van der Waals surface area contributed by atoms with Crippen molar-refractivity contribution in [3.05, 3.63) is 137 Å². The Morgan fingerprint density at radius 2 is 1.29 bits per heavy atom. The van der Waals surface area contributed by atoms with E-state index in [2.05, 4.69) is 76.4 Å². The highest BCUT2D eigenvalue weighted by molar-refractivity contribution is 7.98. The summed E-state index contributed by atoms with van der Waals surface area (Å²) >= 11 is 14.6. The van der Waals surface area contributed by atoms with Gasteiger partial charge in [-0.3, -0.25) is 9.59 Å². The summed E-state index contributed by atoms with van der Waals surface area (Å²) in [6, 6.07) is 19.3. The summed E-state index contributed by atoms with van der Waals surface area (Å²) in [5.41, 5.74) is 5.65. The first kappa shape index (κ1) is 51.3. The molecule has 2 aromatic heterocycles. The van der Waals surface area contributed by atoms with E-state index in [1.807, 2.05) is 54.4 Å². The highest BCUT2D eigenvalue weighted by atomic mass is 35.5. The number of hydrogen-bond acceptors (Lipinski definition) is 15. The third-order valence-electron chi connectivity index (χ3n) is 11.9. The fourth-order valence-electron chi connectivity index (χ4n) is 8.04. The third-order valence-corrected chi connectivity index (χ3v) is 13.7. The van der Waals surface area contributed by atoms with Crippen molar-refractivity contribution in [3.8, 4) is 16.9 Å². The number of amides is 2. The van der Waals surface area contributed by atoms with Crippen molar-refractivity contribution in [1.29, 1.82) is 0 Å². The van der Waals surface area contributed by atoms with E-state index in [1.54, 1.807) is 19.2 Å². The maximum absolute atomic E-state index is 15.4. The van der Waals surface area contributed by atoms with Crippen LogP contribution in [0.3, 0.4) is 0 Å². The van der Waals surface area contributed by atoms with Gasteiger partial charge in [0.15, 0.2) is 5.82 Å². The zero-order valence-corrected chi connectivity index (χ0v) is 42.2. The Bertz CT molecular complexity index is 2990. The first-order valence-corrected chi connectivity index (χ1v) is 24.6. The molecule has 0 unspecified atom stereocenters. The predicted octanol–water partition coefficient (Wildman–Crippen LogP) is 9.67. The quantitative estimate of drug-likeness (QED) is 0.0313. The minimum atomic E-state index is -0.668. The van der Waals surface area contributed by atoms with Crippen LogP contribution in [0.2, 0.25) is 10.0 Å². The lowest BCUT2D eigenvalue weighted by Gasteiger charge is -2.34. The second-order valence-electron chi connectivity index (χ2n) is 17.1. The van der Waals surface area contributed by atoms with Crippen molar-refractivity contribution in [2.75, 3.05) is 110 Å². The Morgan fingerprint density at radius 3 is 1.93 bits per heavy atom. The van der Waals surface area contributed by atoms with Gasteiger partial charge in [0.2, 0.25) is 23.7 Å². The summed E-state index contributed by atoms with van der Waals surface area (Å²) in [5.74, 6) is -0.544. The molecule has 16 nitrogen and oxygen atoms in total. The molecule has 2 fully saturated rings. The fraction of sp³-hybridized carbons (Fsp3) is 0.255. The number of carbonyl (C=O) groups is 2. The molecule has 4 heterocycles. The van der Waals surface area contributed by atoms with E-state index in [0.717, 1.165) is 62.7 Å². The first-order valence-electron chi connectivity index (χ1n) is 22.9.